The highest BCUT2D eigenvalue weighted by Gasteiger charge is 2.25. The molecule has 1 N–H and O–H groups in total. The fourth-order valence-electron chi connectivity index (χ4n) is 1.41. The number of rotatable bonds is 3. The average Bonchev–Trinajstić information content (AvgIpc) is 2.34. The van der Waals surface area contributed by atoms with E-state index in [1.54, 1.807) is 0 Å². The van der Waals surface area contributed by atoms with E-state index in [4.69, 9.17) is 4.74 Å². The van der Waals surface area contributed by atoms with Gasteiger partial charge in [-0.1, -0.05) is 6.08 Å². The summed E-state index contributed by atoms with van der Waals surface area (Å²) in [6.45, 7) is 9.90. The van der Waals surface area contributed by atoms with Crippen LogP contribution in [0.3, 0.4) is 0 Å². The predicted octanol–water partition coefficient (Wildman–Crippen LogP) is 1.19. The Morgan fingerprint density at radius 2 is 2.27 bits per heavy atom. The van der Waals surface area contributed by atoms with Crippen LogP contribution in [0.5, 0.6) is 0 Å². The molecule has 11 heavy (non-hydrogen) atoms. The fourth-order valence-corrected chi connectivity index (χ4v) is 1.41. The molecule has 0 aromatic heterocycles. The van der Waals surface area contributed by atoms with Crippen molar-refractivity contribution in [2.75, 3.05) is 13.1 Å². The van der Waals surface area contributed by atoms with Crippen molar-refractivity contribution in [1.82, 2.24) is 5.32 Å². The van der Waals surface area contributed by atoms with Gasteiger partial charge in [-0.05, 0) is 13.8 Å². The normalized spacial score (nSPS) is 31.2. The molecule has 0 saturated carbocycles. The van der Waals surface area contributed by atoms with Crippen LogP contribution in [0.25, 0.3) is 0 Å². The molecule has 0 amide bonds. The van der Waals surface area contributed by atoms with Crippen molar-refractivity contribution in [2.24, 2.45) is 5.92 Å². The molecule has 2 heteroatoms. The first kappa shape index (κ1) is 8.75. The van der Waals surface area contributed by atoms with Crippen molar-refractivity contribution in [1.29, 1.82) is 0 Å². The molecule has 1 fully saturated rings. The second-order valence-electron chi connectivity index (χ2n) is 3.28. The topological polar surface area (TPSA) is 21.3 Å². The minimum Gasteiger partial charge on any atom is -0.374 e. The van der Waals surface area contributed by atoms with Crippen molar-refractivity contribution >= 4 is 0 Å². The van der Waals surface area contributed by atoms with E-state index < -0.39 is 0 Å². The Morgan fingerprint density at radius 3 is 2.82 bits per heavy atom. The Hall–Kier alpha value is -0.340. The van der Waals surface area contributed by atoms with E-state index in [-0.39, 0.29) is 0 Å². The summed E-state index contributed by atoms with van der Waals surface area (Å²) in [4.78, 5) is 0. The lowest BCUT2D eigenvalue weighted by Crippen LogP contribution is -2.24. The first-order valence-electron chi connectivity index (χ1n) is 4.22. The molecule has 0 radical (unpaired) electrons. The average molecular weight is 155 g/mol. The third-order valence-electron chi connectivity index (χ3n) is 1.95. The third-order valence-corrected chi connectivity index (χ3v) is 1.95. The number of hydrogen-bond acceptors (Lipinski definition) is 2. The maximum atomic E-state index is 5.68. The van der Waals surface area contributed by atoms with Gasteiger partial charge in [-0.3, -0.25) is 0 Å². The molecule has 2 nitrogen and oxygen atoms in total. The molecule has 64 valence electrons. The van der Waals surface area contributed by atoms with E-state index in [9.17, 15) is 0 Å². The molecular weight excluding hydrogens is 138 g/mol. The maximum Gasteiger partial charge on any atom is 0.0777 e. The second kappa shape index (κ2) is 3.88. The SMILES string of the molecule is C=CC1CNCC1OC(C)C. The smallest absolute Gasteiger partial charge is 0.0777 e. The van der Waals surface area contributed by atoms with Gasteiger partial charge in [0.05, 0.1) is 12.2 Å². The lowest BCUT2D eigenvalue weighted by molar-refractivity contribution is 0.00503. The van der Waals surface area contributed by atoms with Crippen LogP contribution in [0.15, 0.2) is 12.7 Å². The summed E-state index contributed by atoms with van der Waals surface area (Å²) in [5.74, 6) is 0.498. The van der Waals surface area contributed by atoms with E-state index in [0.717, 1.165) is 13.1 Å². The van der Waals surface area contributed by atoms with E-state index in [2.05, 4.69) is 25.7 Å². The molecule has 2 atom stereocenters. The van der Waals surface area contributed by atoms with E-state index in [1.807, 2.05) is 6.08 Å². The highest BCUT2D eigenvalue weighted by Crippen LogP contribution is 2.14. The maximum absolute atomic E-state index is 5.68. The largest absolute Gasteiger partial charge is 0.374 e. The molecule has 1 aliphatic rings. The van der Waals surface area contributed by atoms with Gasteiger partial charge in [0.1, 0.15) is 0 Å². The van der Waals surface area contributed by atoms with Crippen LogP contribution in [0.4, 0.5) is 0 Å². The third kappa shape index (κ3) is 2.31. The van der Waals surface area contributed by atoms with Crippen molar-refractivity contribution in [3.8, 4) is 0 Å². The zero-order valence-corrected chi connectivity index (χ0v) is 7.34. The van der Waals surface area contributed by atoms with E-state index in [0.29, 0.717) is 18.1 Å². The molecule has 1 heterocycles. The summed E-state index contributed by atoms with van der Waals surface area (Å²) in [7, 11) is 0. The minimum atomic E-state index is 0.322. The Balaban J connectivity index is 2.37. The van der Waals surface area contributed by atoms with Crippen LogP contribution < -0.4 is 5.32 Å². The lowest BCUT2D eigenvalue weighted by atomic mass is 10.1. The van der Waals surface area contributed by atoms with Gasteiger partial charge in [-0.25, -0.2) is 0 Å². The Bertz CT molecular complexity index is 134. The highest BCUT2D eigenvalue weighted by molar-refractivity contribution is 4.93. The van der Waals surface area contributed by atoms with Crippen LogP contribution in [0, 0.1) is 5.92 Å². The van der Waals surface area contributed by atoms with Gasteiger partial charge in [0.15, 0.2) is 0 Å². The van der Waals surface area contributed by atoms with Crippen molar-refractivity contribution in [2.45, 2.75) is 26.1 Å². The first-order chi connectivity index (χ1) is 5.24. The molecule has 2 unspecified atom stereocenters. The van der Waals surface area contributed by atoms with Gasteiger partial charge < -0.3 is 10.1 Å². The monoisotopic (exact) mass is 155 g/mol. The molecule has 0 bridgehead atoms. The summed E-state index contributed by atoms with van der Waals surface area (Å²) in [6, 6.07) is 0. The van der Waals surface area contributed by atoms with E-state index in [1.165, 1.54) is 0 Å². The Labute approximate surface area is 68.6 Å². The van der Waals surface area contributed by atoms with Crippen LogP contribution >= 0.6 is 0 Å². The van der Waals surface area contributed by atoms with Gasteiger partial charge in [-0.15, -0.1) is 6.58 Å². The summed E-state index contributed by atoms with van der Waals surface area (Å²) >= 11 is 0. The van der Waals surface area contributed by atoms with Gasteiger partial charge in [0, 0.05) is 19.0 Å². The van der Waals surface area contributed by atoms with Gasteiger partial charge >= 0.3 is 0 Å². The zero-order valence-electron chi connectivity index (χ0n) is 7.34. The number of nitrogens with one attached hydrogen (secondary N) is 1. The Kier molecular flexibility index (Phi) is 3.09. The fraction of sp³-hybridized carbons (Fsp3) is 0.778. The zero-order chi connectivity index (χ0) is 8.27. The second-order valence-corrected chi connectivity index (χ2v) is 3.28. The van der Waals surface area contributed by atoms with Crippen LogP contribution in [0.2, 0.25) is 0 Å². The number of ether oxygens (including phenoxy) is 1. The molecule has 1 saturated heterocycles. The van der Waals surface area contributed by atoms with Crippen molar-refractivity contribution in [3.05, 3.63) is 12.7 Å². The summed E-state index contributed by atoms with van der Waals surface area (Å²) in [6.07, 6.45) is 2.64. The van der Waals surface area contributed by atoms with E-state index >= 15 is 0 Å². The predicted molar refractivity (Wildman–Crippen MR) is 46.6 cm³/mol. The minimum absolute atomic E-state index is 0.322. The molecule has 0 spiro atoms. The summed E-state index contributed by atoms with van der Waals surface area (Å²) in [5, 5.41) is 3.28. The Morgan fingerprint density at radius 1 is 1.55 bits per heavy atom. The van der Waals surface area contributed by atoms with Crippen LogP contribution in [-0.2, 0) is 4.74 Å². The summed E-state index contributed by atoms with van der Waals surface area (Å²) < 4.78 is 5.68. The van der Waals surface area contributed by atoms with Crippen molar-refractivity contribution < 1.29 is 4.74 Å². The highest BCUT2D eigenvalue weighted by atomic mass is 16.5. The quantitative estimate of drug-likeness (QED) is 0.618. The van der Waals surface area contributed by atoms with Gasteiger partial charge in [-0.2, -0.15) is 0 Å². The van der Waals surface area contributed by atoms with Crippen LogP contribution in [-0.4, -0.2) is 25.3 Å². The molecule has 0 aromatic carbocycles. The van der Waals surface area contributed by atoms with Gasteiger partial charge in [0.2, 0.25) is 0 Å². The van der Waals surface area contributed by atoms with Crippen LogP contribution in [0.1, 0.15) is 13.8 Å². The molecule has 0 aromatic rings. The lowest BCUT2D eigenvalue weighted by Gasteiger charge is -2.18. The van der Waals surface area contributed by atoms with Crippen molar-refractivity contribution in [3.63, 3.8) is 0 Å². The first-order valence-corrected chi connectivity index (χ1v) is 4.22. The summed E-state index contributed by atoms with van der Waals surface area (Å²) in [5.41, 5.74) is 0. The van der Waals surface area contributed by atoms with Gasteiger partial charge in [0.25, 0.3) is 0 Å². The molecule has 1 rings (SSSR count). The number of hydrogen-bond donors (Lipinski definition) is 1. The molecular formula is C9H17NO. The molecule has 1 aliphatic heterocycles. The standard InChI is InChI=1S/C9H17NO/c1-4-8-5-10-6-9(8)11-7(2)3/h4,7-10H,1,5-6H2,2-3H3. The molecule has 0 aliphatic carbocycles.